The average Bonchev–Trinajstić information content (AvgIpc) is 3.51. The first-order valence-electron chi connectivity index (χ1n) is 13.2. The molecule has 190 valence electrons. The number of benzene rings is 2. The zero-order valence-electron chi connectivity index (χ0n) is 22.2. The molecule has 7 nitrogen and oxygen atoms in total. The molecule has 37 heavy (non-hydrogen) atoms. The summed E-state index contributed by atoms with van der Waals surface area (Å²) in [5, 5.41) is 10.6. The normalized spacial score (nSPS) is 21.6. The second kappa shape index (κ2) is 8.65. The van der Waals surface area contributed by atoms with Crippen LogP contribution in [0.3, 0.4) is 0 Å². The quantitative estimate of drug-likeness (QED) is 0.361. The second-order valence-corrected chi connectivity index (χ2v) is 11.0. The molecule has 0 spiro atoms. The third kappa shape index (κ3) is 3.78. The first kappa shape index (κ1) is 23.6. The largest absolute Gasteiger partial charge is 0.494 e. The van der Waals surface area contributed by atoms with E-state index in [1.54, 1.807) is 7.11 Å². The van der Waals surface area contributed by atoms with Crippen molar-refractivity contribution < 1.29 is 9.53 Å². The van der Waals surface area contributed by atoms with E-state index in [1.807, 2.05) is 42.3 Å². The van der Waals surface area contributed by atoms with E-state index in [1.165, 1.54) is 12.8 Å². The average molecular weight is 496 g/mol. The third-order valence-corrected chi connectivity index (χ3v) is 8.70. The highest BCUT2D eigenvalue weighted by Crippen LogP contribution is 2.38. The van der Waals surface area contributed by atoms with Crippen LogP contribution in [0.2, 0.25) is 0 Å². The van der Waals surface area contributed by atoms with Gasteiger partial charge in [-0.1, -0.05) is 19.9 Å². The zero-order valence-corrected chi connectivity index (χ0v) is 22.2. The van der Waals surface area contributed by atoms with Crippen LogP contribution < -0.4 is 4.74 Å². The predicted molar refractivity (Wildman–Crippen MR) is 144 cm³/mol. The van der Waals surface area contributed by atoms with Crippen molar-refractivity contribution in [2.24, 2.45) is 24.8 Å². The first-order valence-corrected chi connectivity index (χ1v) is 13.2. The number of methoxy groups -OCH3 is 1. The summed E-state index contributed by atoms with van der Waals surface area (Å²) < 4.78 is 10.2. The Morgan fingerprint density at radius 3 is 2.59 bits per heavy atom. The van der Waals surface area contributed by atoms with Gasteiger partial charge in [0.2, 0.25) is 0 Å². The Labute approximate surface area is 217 Å². The molecular formula is C30H33N5O2. The standard InChI is InChI=1S/C30H33N5O2/c1-17-15-34(19(3)18(17)2)30(36)23-11-24-28(27(13-23)37-5)33(4)29(32-24)26-12-22-9-8-21(14-31)10-25(22)35(26)16-20-6-7-20/h8-13,17-20H,6-7,15-16H2,1-5H3. The van der Waals surface area contributed by atoms with E-state index in [-0.39, 0.29) is 11.9 Å². The predicted octanol–water partition coefficient (Wildman–Crippen LogP) is 5.60. The van der Waals surface area contributed by atoms with Gasteiger partial charge < -0.3 is 18.8 Å². The molecule has 0 bridgehead atoms. The highest BCUT2D eigenvalue weighted by atomic mass is 16.5. The van der Waals surface area contributed by atoms with Crippen LogP contribution in [0.25, 0.3) is 33.5 Å². The molecule has 1 aliphatic heterocycles. The summed E-state index contributed by atoms with van der Waals surface area (Å²) in [6.07, 6.45) is 2.45. The molecule has 6 rings (SSSR count). The Kier molecular flexibility index (Phi) is 5.52. The number of imidazole rings is 1. The number of hydrogen-bond donors (Lipinski definition) is 0. The van der Waals surface area contributed by atoms with E-state index in [2.05, 4.69) is 42.0 Å². The molecule has 2 fully saturated rings. The van der Waals surface area contributed by atoms with Crippen molar-refractivity contribution in [2.45, 2.75) is 46.2 Å². The Bertz CT molecular complexity index is 1590. The van der Waals surface area contributed by atoms with Gasteiger partial charge in [0.15, 0.2) is 5.82 Å². The number of fused-ring (bicyclic) bond motifs is 2. The van der Waals surface area contributed by atoms with Gasteiger partial charge in [0.1, 0.15) is 11.3 Å². The van der Waals surface area contributed by atoms with Gasteiger partial charge in [-0.05, 0) is 67.9 Å². The summed E-state index contributed by atoms with van der Waals surface area (Å²) in [5.74, 6) is 3.09. The highest BCUT2D eigenvalue weighted by molar-refractivity contribution is 6.00. The molecule has 0 N–H and O–H groups in total. The van der Waals surface area contributed by atoms with Gasteiger partial charge in [-0.15, -0.1) is 0 Å². The summed E-state index contributed by atoms with van der Waals surface area (Å²) in [7, 11) is 3.65. The topological polar surface area (TPSA) is 76.1 Å². The Balaban J connectivity index is 1.49. The van der Waals surface area contributed by atoms with Crippen molar-refractivity contribution in [1.29, 1.82) is 5.26 Å². The number of carbonyl (C=O) groups is 1. The lowest BCUT2D eigenvalue weighted by molar-refractivity contribution is 0.0733. The lowest BCUT2D eigenvalue weighted by Crippen LogP contribution is -2.35. The Morgan fingerprint density at radius 2 is 1.95 bits per heavy atom. The molecule has 1 amide bonds. The van der Waals surface area contributed by atoms with E-state index < -0.39 is 0 Å². The Morgan fingerprint density at radius 1 is 1.16 bits per heavy atom. The molecule has 4 aromatic rings. The molecule has 1 aliphatic carbocycles. The van der Waals surface area contributed by atoms with E-state index in [4.69, 9.17) is 9.72 Å². The Hall–Kier alpha value is -3.79. The van der Waals surface area contributed by atoms with Crippen LogP contribution in [0.1, 0.15) is 49.5 Å². The fraction of sp³-hybridized carbons (Fsp3) is 0.433. The van der Waals surface area contributed by atoms with Crippen molar-refractivity contribution in [3.8, 4) is 23.3 Å². The summed E-state index contributed by atoms with van der Waals surface area (Å²) in [6, 6.07) is 14.2. The first-order chi connectivity index (χ1) is 17.8. The minimum Gasteiger partial charge on any atom is -0.494 e. The summed E-state index contributed by atoms with van der Waals surface area (Å²) in [5.41, 5.74) is 4.95. The van der Waals surface area contributed by atoms with Crippen LogP contribution in [0.5, 0.6) is 5.75 Å². The van der Waals surface area contributed by atoms with Gasteiger partial charge in [-0.2, -0.15) is 5.26 Å². The van der Waals surface area contributed by atoms with Gasteiger partial charge in [0.25, 0.3) is 5.91 Å². The SMILES string of the molecule is COc1cc(C(=O)N2CC(C)C(C)C2C)cc2nc(-c3cc4ccc(C#N)cc4n3CC3CC3)n(C)c12. The number of aromatic nitrogens is 3. The molecule has 3 unspecified atom stereocenters. The molecule has 2 aromatic carbocycles. The lowest BCUT2D eigenvalue weighted by Gasteiger charge is -2.23. The van der Waals surface area contributed by atoms with Crippen molar-refractivity contribution in [3.05, 3.63) is 47.5 Å². The zero-order chi connectivity index (χ0) is 26.0. The van der Waals surface area contributed by atoms with Crippen LogP contribution in [-0.4, -0.2) is 44.6 Å². The molecular weight excluding hydrogens is 462 g/mol. The molecule has 0 radical (unpaired) electrons. The van der Waals surface area contributed by atoms with Crippen molar-refractivity contribution in [2.75, 3.05) is 13.7 Å². The molecule has 1 saturated heterocycles. The van der Waals surface area contributed by atoms with Crippen LogP contribution in [-0.2, 0) is 13.6 Å². The maximum Gasteiger partial charge on any atom is 0.254 e. The number of ether oxygens (including phenoxy) is 1. The van der Waals surface area contributed by atoms with Crippen molar-refractivity contribution in [3.63, 3.8) is 0 Å². The van der Waals surface area contributed by atoms with Gasteiger partial charge in [0.05, 0.1) is 30.0 Å². The smallest absolute Gasteiger partial charge is 0.254 e. The highest BCUT2D eigenvalue weighted by Gasteiger charge is 2.37. The number of nitrogens with zero attached hydrogens (tertiary/aromatic N) is 5. The number of likely N-dealkylation sites (tertiary alicyclic amines) is 1. The fourth-order valence-corrected chi connectivity index (χ4v) is 5.92. The summed E-state index contributed by atoms with van der Waals surface area (Å²) >= 11 is 0. The monoisotopic (exact) mass is 495 g/mol. The molecule has 2 aromatic heterocycles. The van der Waals surface area contributed by atoms with E-state index in [9.17, 15) is 10.1 Å². The number of carbonyl (C=O) groups excluding carboxylic acids is 1. The van der Waals surface area contributed by atoms with Crippen LogP contribution in [0, 0.1) is 29.1 Å². The van der Waals surface area contributed by atoms with Gasteiger partial charge >= 0.3 is 0 Å². The number of aryl methyl sites for hydroxylation is 1. The fourth-order valence-electron chi connectivity index (χ4n) is 5.92. The molecule has 7 heteroatoms. The second-order valence-electron chi connectivity index (χ2n) is 11.0. The minimum atomic E-state index is 0.0305. The maximum atomic E-state index is 13.6. The van der Waals surface area contributed by atoms with Crippen molar-refractivity contribution >= 4 is 27.8 Å². The third-order valence-electron chi connectivity index (χ3n) is 8.70. The molecule has 3 atom stereocenters. The molecule has 2 aliphatic rings. The van der Waals surface area contributed by atoms with E-state index >= 15 is 0 Å². The number of nitriles is 1. The lowest BCUT2D eigenvalue weighted by atomic mass is 9.95. The summed E-state index contributed by atoms with van der Waals surface area (Å²) in [6.45, 7) is 8.24. The van der Waals surface area contributed by atoms with Crippen LogP contribution >= 0.6 is 0 Å². The summed E-state index contributed by atoms with van der Waals surface area (Å²) in [4.78, 5) is 20.6. The minimum absolute atomic E-state index is 0.0305. The van der Waals surface area contributed by atoms with Gasteiger partial charge in [-0.25, -0.2) is 4.98 Å². The number of amides is 1. The van der Waals surface area contributed by atoms with Crippen LogP contribution in [0.15, 0.2) is 36.4 Å². The maximum absolute atomic E-state index is 13.6. The van der Waals surface area contributed by atoms with E-state index in [0.29, 0.717) is 34.6 Å². The molecule has 1 saturated carbocycles. The van der Waals surface area contributed by atoms with Gasteiger partial charge in [0, 0.05) is 42.6 Å². The number of hydrogen-bond acceptors (Lipinski definition) is 4. The van der Waals surface area contributed by atoms with Crippen molar-refractivity contribution in [1.82, 2.24) is 19.0 Å². The van der Waals surface area contributed by atoms with E-state index in [0.717, 1.165) is 46.5 Å². The van der Waals surface area contributed by atoms with Gasteiger partial charge in [-0.3, -0.25) is 4.79 Å². The molecule has 3 heterocycles. The van der Waals surface area contributed by atoms with Crippen LogP contribution in [0.4, 0.5) is 0 Å². The number of rotatable bonds is 5.